The van der Waals surface area contributed by atoms with E-state index in [9.17, 15) is 13.6 Å². The molecule has 0 aromatic heterocycles. The van der Waals surface area contributed by atoms with Gasteiger partial charge in [0.25, 0.3) is 0 Å². The van der Waals surface area contributed by atoms with Gasteiger partial charge in [-0.05, 0) is 36.4 Å². The molecule has 18 heavy (non-hydrogen) atoms. The molecule has 0 aliphatic rings. The third-order valence-electron chi connectivity index (χ3n) is 2.21. The molecule has 0 saturated carbocycles. The van der Waals surface area contributed by atoms with Gasteiger partial charge < -0.3 is 4.74 Å². The number of carbonyl (C=O) groups is 1. The lowest BCUT2D eigenvalue weighted by Gasteiger charge is -2.09. The predicted molar refractivity (Wildman–Crippen MR) is 66.0 cm³/mol. The zero-order chi connectivity index (χ0) is 13.1. The lowest BCUT2D eigenvalue weighted by molar-refractivity contribution is 0.112. The third-order valence-corrected chi connectivity index (χ3v) is 2.71. The van der Waals surface area contributed by atoms with Gasteiger partial charge in [-0.1, -0.05) is 15.9 Å². The maximum Gasteiger partial charge on any atom is 0.166 e. The molecule has 2 nitrogen and oxygen atoms in total. The normalized spacial score (nSPS) is 10.2. The summed E-state index contributed by atoms with van der Waals surface area (Å²) >= 11 is 3.12. The van der Waals surface area contributed by atoms with Gasteiger partial charge in [-0.25, -0.2) is 8.78 Å². The number of ether oxygens (including phenoxy) is 1. The Morgan fingerprint density at radius 2 is 1.78 bits per heavy atom. The quantitative estimate of drug-likeness (QED) is 0.788. The monoisotopic (exact) mass is 312 g/mol. The minimum Gasteiger partial charge on any atom is -0.454 e. The van der Waals surface area contributed by atoms with Gasteiger partial charge in [0.05, 0.1) is 5.56 Å². The van der Waals surface area contributed by atoms with E-state index in [1.165, 1.54) is 18.2 Å². The highest BCUT2D eigenvalue weighted by Gasteiger charge is 2.09. The van der Waals surface area contributed by atoms with Crippen LogP contribution < -0.4 is 4.74 Å². The average Bonchev–Trinajstić information content (AvgIpc) is 2.34. The van der Waals surface area contributed by atoms with Crippen molar-refractivity contribution in [3.63, 3.8) is 0 Å². The van der Waals surface area contributed by atoms with Crippen LogP contribution in [0.2, 0.25) is 0 Å². The van der Waals surface area contributed by atoms with Crippen molar-refractivity contribution in [3.8, 4) is 11.5 Å². The van der Waals surface area contributed by atoms with E-state index in [2.05, 4.69) is 15.9 Å². The molecule has 2 aromatic rings. The second-order valence-corrected chi connectivity index (χ2v) is 4.39. The van der Waals surface area contributed by atoms with Gasteiger partial charge in [0.1, 0.15) is 11.6 Å². The molecule has 0 fully saturated rings. The Hall–Kier alpha value is -1.75. The molecule has 0 unspecified atom stereocenters. The average molecular weight is 313 g/mol. The standard InChI is InChI=1S/C13H7BrF2O2/c14-9-1-3-13(11(16)6-9)18-12-4-2-10(15)5-8(12)7-17/h1-7H. The summed E-state index contributed by atoms with van der Waals surface area (Å²) in [5.41, 5.74) is 0.0253. The molecule has 92 valence electrons. The summed E-state index contributed by atoms with van der Waals surface area (Å²) < 4.78 is 32.3. The van der Waals surface area contributed by atoms with E-state index >= 15 is 0 Å². The van der Waals surface area contributed by atoms with Gasteiger partial charge in [0, 0.05) is 4.47 Å². The maximum absolute atomic E-state index is 13.5. The zero-order valence-electron chi connectivity index (χ0n) is 8.99. The molecule has 0 N–H and O–H groups in total. The molecule has 2 rings (SSSR count). The second kappa shape index (κ2) is 5.27. The molecule has 0 aliphatic carbocycles. The van der Waals surface area contributed by atoms with Crippen LogP contribution in [0.1, 0.15) is 10.4 Å². The highest BCUT2D eigenvalue weighted by molar-refractivity contribution is 9.10. The minimum atomic E-state index is -0.578. The lowest BCUT2D eigenvalue weighted by Crippen LogP contribution is -1.93. The van der Waals surface area contributed by atoms with Crippen molar-refractivity contribution >= 4 is 22.2 Å². The van der Waals surface area contributed by atoms with Crippen LogP contribution in [0.15, 0.2) is 40.9 Å². The molecule has 2 aromatic carbocycles. The van der Waals surface area contributed by atoms with Gasteiger partial charge in [-0.2, -0.15) is 0 Å². The molecule has 0 bridgehead atoms. The van der Waals surface area contributed by atoms with Crippen LogP contribution >= 0.6 is 15.9 Å². The van der Waals surface area contributed by atoms with E-state index in [4.69, 9.17) is 4.74 Å². The van der Waals surface area contributed by atoms with Crippen LogP contribution in [0.3, 0.4) is 0 Å². The molecule has 0 atom stereocenters. The first-order chi connectivity index (χ1) is 8.60. The van der Waals surface area contributed by atoms with Gasteiger partial charge in [-0.3, -0.25) is 4.79 Å². The van der Waals surface area contributed by atoms with Crippen molar-refractivity contribution < 1.29 is 18.3 Å². The molecular formula is C13H7BrF2O2. The number of benzene rings is 2. The van der Waals surface area contributed by atoms with E-state index in [-0.39, 0.29) is 17.1 Å². The summed E-state index contributed by atoms with van der Waals surface area (Å²) in [5.74, 6) is -1.06. The van der Waals surface area contributed by atoms with Crippen molar-refractivity contribution in [2.24, 2.45) is 0 Å². The summed E-state index contributed by atoms with van der Waals surface area (Å²) in [4.78, 5) is 10.8. The van der Waals surface area contributed by atoms with Crippen molar-refractivity contribution in [2.75, 3.05) is 0 Å². The molecule has 0 spiro atoms. The van der Waals surface area contributed by atoms with Gasteiger partial charge in [0.15, 0.2) is 17.9 Å². The van der Waals surface area contributed by atoms with Crippen molar-refractivity contribution in [1.29, 1.82) is 0 Å². The second-order valence-electron chi connectivity index (χ2n) is 3.48. The van der Waals surface area contributed by atoms with E-state index in [1.807, 2.05) is 0 Å². The third kappa shape index (κ3) is 2.73. The van der Waals surface area contributed by atoms with E-state index in [0.29, 0.717) is 10.8 Å². The van der Waals surface area contributed by atoms with Crippen molar-refractivity contribution in [1.82, 2.24) is 0 Å². The number of carbonyl (C=O) groups excluding carboxylic acids is 1. The SMILES string of the molecule is O=Cc1cc(F)ccc1Oc1ccc(Br)cc1F. The molecule has 0 saturated heterocycles. The first-order valence-corrected chi connectivity index (χ1v) is 5.77. The number of rotatable bonds is 3. The summed E-state index contributed by atoms with van der Waals surface area (Å²) in [6.45, 7) is 0. The van der Waals surface area contributed by atoms with Gasteiger partial charge in [0.2, 0.25) is 0 Å². The van der Waals surface area contributed by atoms with E-state index in [0.717, 1.165) is 12.1 Å². The lowest BCUT2D eigenvalue weighted by atomic mass is 10.2. The Labute approximate surface area is 110 Å². The minimum absolute atomic E-state index is 0.0253. The summed E-state index contributed by atoms with van der Waals surface area (Å²) in [5, 5.41) is 0. The molecule has 0 heterocycles. The fourth-order valence-electron chi connectivity index (χ4n) is 1.38. The number of aldehydes is 1. The van der Waals surface area contributed by atoms with E-state index in [1.54, 1.807) is 6.07 Å². The summed E-state index contributed by atoms with van der Waals surface area (Å²) in [6.07, 6.45) is 0.454. The van der Waals surface area contributed by atoms with Crippen molar-refractivity contribution in [3.05, 3.63) is 58.1 Å². The van der Waals surface area contributed by atoms with Crippen LogP contribution in [-0.4, -0.2) is 6.29 Å². The van der Waals surface area contributed by atoms with Crippen molar-refractivity contribution in [2.45, 2.75) is 0 Å². The van der Waals surface area contributed by atoms with Crippen LogP contribution in [0.25, 0.3) is 0 Å². The Bertz CT molecular complexity index is 600. The zero-order valence-corrected chi connectivity index (χ0v) is 10.6. The highest BCUT2D eigenvalue weighted by atomic mass is 79.9. The van der Waals surface area contributed by atoms with E-state index < -0.39 is 11.6 Å². The molecule has 5 heteroatoms. The molecule has 0 amide bonds. The number of hydrogen-bond acceptors (Lipinski definition) is 2. The fourth-order valence-corrected chi connectivity index (χ4v) is 1.71. The molecule has 0 aliphatic heterocycles. The smallest absolute Gasteiger partial charge is 0.166 e. The predicted octanol–water partition coefficient (Wildman–Crippen LogP) is 4.33. The largest absolute Gasteiger partial charge is 0.454 e. The Balaban J connectivity index is 2.36. The Morgan fingerprint density at radius 3 is 2.44 bits per heavy atom. The first-order valence-electron chi connectivity index (χ1n) is 4.98. The number of halogens is 3. The van der Waals surface area contributed by atoms with Crippen LogP contribution in [0.5, 0.6) is 11.5 Å². The maximum atomic E-state index is 13.5. The van der Waals surface area contributed by atoms with Gasteiger partial charge >= 0.3 is 0 Å². The van der Waals surface area contributed by atoms with Crippen LogP contribution in [-0.2, 0) is 0 Å². The van der Waals surface area contributed by atoms with Crippen LogP contribution in [0.4, 0.5) is 8.78 Å². The molecule has 0 radical (unpaired) electrons. The first kappa shape index (κ1) is 12.7. The fraction of sp³-hybridized carbons (Fsp3) is 0. The summed E-state index contributed by atoms with van der Waals surface area (Å²) in [6, 6.07) is 7.69. The van der Waals surface area contributed by atoms with Crippen LogP contribution in [0, 0.1) is 11.6 Å². The molecular weight excluding hydrogens is 306 g/mol. The number of hydrogen-bond donors (Lipinski definition) is 0. The highest BCUT2D eigenvalue weighted by Crippen LogP contribution is 2.28. The topological polar surface area (TPSA) is 26.3 Å². The Kier molecular flexibility index (Phi) is 3.72. The Morgan fingerprint density at radius 1 is 1.06 bits per heavy atom. The van der Waals surface area contributed by atoms with Gasteiger partial charge in [-0.15, -0.1) is 0 Å². The summed E-state index contributed by atoms with van der Waals surface area (Å²) in [7, 11) is 0.